The van der Waals surface area contributed by atoms with E-state index in [1.807, 2.05) is 19.1 Å². The highest BCUT2D eigenvalue weighted by Crippen LogP contribution is 2.31. The zero-order valence-corrected chi connectivity index (χ0v) is 16.4. The van der Waals surface area contributed by atoms with Gasteiger partial charge in [0.05, 0.1) is 22.5 Å². The molecule has 4 aromatic rings. The van der Waals surface area contributed by atoms with Gasteiger partial charge in [0.2, 0.25) is 5.88 Å². The van der Waals surface area contributed by atoms with Gasteiger partial charge in [-0.05, 0) is 48.9 Å². The third kappa shape index (κ3) is 3.82. The van der Waals surface area contributed by atoms with Gasteiger partial charge in [0.25, 0.3) is 5.56 Å². The van der Waals surface area contributed by atoms with Crippen LogP contribution in [0.4, 0.5) is 18.9 Å². The molecule has 4 nitrogen and oxygen atoms in total. The summed E-state index contributed by atoms with van der Waals surface area (Å²) in [6.07, 6.45) is -3.08. The number of para-hydroxylation sites is 1. The van der Waals surface area contributed by atoms with Crippen LogP contribution >= 0.6 is 0 Å². The highest BCUT2D eigenvalue weighted by Gasteiger charge is 2.29. The van der Waals surface area contributed by atoms with Crippen LogP contribution in [-0.4, -0.2) is 15.9 Å². The zero-order valence-electron chi connectivity index (χ0n) is 16.4. The fraction of sp³-hybridized carbons (Fsp3) is 0.0833. The molecule has 0 aliphatic rings. The van der Waals surface area contributed by atoms with Gasteiger partial charge in [-0.2, -0.15) is 13.2 Å². The summed E-state index contributed by atoms with van der Waals surface area (Å²) in [5, 5.41) is 11.9. The lowest BCUT2D eigenvalue weighted by Crippen LogP contribution is -2.20. The molecule has 1 N–H and O–H groups in total. The minimum Gasteiger partial charge on any atom is -0.494 e. The predicted octanol–water partition coefficient (Wildman–Crippen LogP) is 5.77. The molecule has 0 saturated carbocycles. The summed E-state index contributed by atoms with van der Waals surface area (Å²) >= 11 is 0. The standard InChI is InChI=1S/C24H17F3N2O2/c1-15-6-2-5-9-21(15)29-22(30)19-8-4-3-7-18(19)20(23(29)31)14-28-17-12-10-16(11-13-17)24(25,26)27/h2-14,31H,1H3. The van der Waals surface area contributed by atoms with Crippen molar-refractivity contribution in [3.63, 3.8) is 0 Å². The molecule has 0 bridgehead atoms. The first-order chi connectivity index (χ1) is 14.8. The molecule has 0 amide bonds. The highest BCUT2D eigenvalue weighted by atomic mass is 19.4. The van der Waals surface area contributed by atoms with Crippen molar-refractivity contribution in [2.75, 3.05) is 0 Å². The SMILES string of the molecule is Cc1ccccc1-n1c(O)c(C=Nc2ccc(C(F)(F)F)cc2)c2ccccc2c1=O. The lowest BCUT2D eigenvalue weighted by Gasteiger charge is -2.15. The number of fused-ring (bicyclic) bond motifs is 1. The molecule has 0 saturated heterocycles. The van der Waals surface area contributed by atoms with E-state index in [0.29, 0.717) is 22.0 Å². The third-order valence-electron chi connectivity index (χ3n) is 5.00. The van der Waals surface area contributed by atoms with Gasteiger partial charge in [-0.1, -0.05) is 36.4 Å². The van der Waals surface area contributed by atoms with E-state index in [9.17, 15) is 23.1 Å². The number of aromatic hydroxyl groups is 1. The van der Waals surface area contributed by atoms with Gasteiger partial charge < -0.3 is 5.11 Å². The predicted molar refractivity (Wildman–Crippen MR) is 115 cm³/mol. The maximum atomic E-state index is 13.1. The third-order valence-corrected chi connectivity index (χ3v) is 5.00. The molecule has 4 rings (SSSR count). The Labute approximate surface area is 175 Å². The van der Waals surface area contributed by atoms with Crippen molar-refractivity contribution in [2.45, 2.75) is 13.1 Å². The van der Waals surface area contributed by atoms with Crippen molar-refractivity contribution in [1.29, 1.82) is 0 Å². The second-order valence-electron chi connectivity index (χ2n) is 7.01. The Balaban J connectivity index is 1.89. The van der Waals surface area contributed by atoms with Crippen molar-refractivity contribution >= 4 is 22.7 Å². The number of benzene rings is 3. The molecule has 1 aromatic heterocycles. The summed E-state index contributed by atoms with van der Waals surface area (Å²) in [7, 11) is 0. The van der Waals surface area contributed by atoms with Gasteiger partial charge in [0.1, 0.15) is 0 Å². The topological polar surface area (TPSA) is 54.6 Å². The van der Waals surface area contributed by atoms with E-state index in [1.165, 1.54) is 22.9 Å². The number of aromatic nitrogens is 1. The van der Waals surface area contributed by atoms with Crippen LogP contribution in [0, 0.1) is 6.92 Å². The molecule has 1 heterocycles. The number of hydrogen-bond donors (Lipinski definition) is 1. The zero-order chi connectivity index (χ0) is 22.2. The Morgan fingerprint density at radius 2 is 1.52 bits per heavy atom. The molecule has 0 atom stereocenters. The van der Waals surface area contributed by atoms with Crippen LogP contribution in [-0.2, 0) is 6.18 Å². The van der Waals surface area contributed by atoms with E-state index < -0.39 is 11.7 Å². The fourth-order valence-electron chi connectivity index (χ4n) is 3.40. The Bertz CT molecular complexity index is 1350. The maximum absolute atomic E-state index is 13.1. The van der Waals surface area contributed by atoms with Crippen LogP contribution in [0.3, 0.4) is 0 Å². The van der Waals surface area contributed by atoms with Crippen molar-refractivity contribution in [2.24, 2.45) is 4.99 Å². The second-order valence-corrected chi connectivity index (χ2v) is 7.01. The highest BCUT2D eigenvalue weighted by molar-refractivity contribution is 6.02. The molecule has 156 valence electrons. The number of nitrogens with zero attached hydrogens (tertiary/aromatic N) is 2. The Morgan fingerprint density at radius 1 is 0.903 bits per heavy atom. The molecular weight excluding hydrogens is 405 g/mol. The fourth-order valence-corrected chi connectivity index (χ4v) is 3.40. The first-order valence-electron chi connectivity index (χ1n) is 9.41. The van der Waals surface area contributed by atoms with Crippen LogP contribution in [0.2, 0.25) is 0 Å². The number of aliphatic imine (C=N–C) groups is 1. The molecule has 0 unspecified atom stereocenters. The summed E-state index contributed by atoms with van der Waals surface area (Å²) in [5.41, 5.74) is 0.742. The number of rotatable bonds is 3. The number of halogens is 3. The lowest BCUT2D eigenvalue weighted by molar-refractivity contribution is -0.137. The number of hydrogen-bond acceptors (Lipinski definition) is 3. The van der Waals surface area contributed by atoms with Crippen LogP contribution in [0.1, 0.15) is 16.7 Å². The van der Waals surface area contributed by atoms with Crippen molar-refractivity contribution in [3.05, 3.63) is 99.8 Å². The molecule has 0 radical (unpaired) electrons. The number of pyridine rings is 1. The van der Waals surface area contributed by atoms with Crippen LogP contribution in [0.15, 0.2) is 82.6 Å². The summed E-state index contributed by atoms with van der Waals surface area (Å²) in [5.74, 6) is -0.298. The molecule has 3 aromatic carbocycles. The van der Waals surface area contributed by atoms with E-state index in [4.69, 9.17) is 0 Å². The molecular formula is C24H17F3N2O2. The average Bonchev–Trinajstić information content (AvgIpc) is 2.75. The Morgan fingerprint density at radius 3 is 2.16 bits per heavy atom. The van der Waals surface area contributed by atoms with Gasteiger partial charge in [0.15, 0.2) is 0 Å². The summed E-state index contributed by atoms with van der Waals surface area (Å²) in [6.45, 7) is 1.83. The van der Waals surface area contributed by atoms with Crippen molar-refractivity contribution in [3.8, 4) is 11.6 Å². The molecule has 0 fully saturated rings. The van der Waals surface area contributed by atoms with E-state index in [2.05, 4.69) is 4.99 Å². The van der Waals surface area contributed by atoms with Crippen molar-refractivity contribution < 1.29 is 18.3 Å². The van der Waals surface area contributed by atoms with E-state index in [0.717, 1.165) is 17.7 Å². The second kappa shape index (κ2) is 7.75. The maximum Gasteiger partial charge on any atom is 0.416 e. The van der Waals surface area contributed by atoms with Gasteiger partial charge in [-0.15, -0.1) is 0 Å². The average molecular weight is 422 g/mol. The van der Waals surface area contributed by atoms with Crippen LogP contribution in [0.5, 0.6) is 5.88 Å². The molecule has 0 aliphatic heterocycles. The summed E-state index contributed by atoms with van der Waals surface area (Å²) in [6, 6.07) is 18.3. The molecule has 7 heteroatoms. The van der Waals surface area contributed by atoms with Crippen molar-refractivity contribution in [1.82, 2.24) is 4.57 Å². The lowest BCUT2D eigenvalue weighted by atomic mass is 10.1. The number of alkyl halides is 3. The molecule has 0 spiro atoms. The summed E-state index contributed by atoms with van der Waals surface area (Å²) < 4.78 is 39.5. The molecule has 31 heavy (non-hydrogen) atoms. The van der Waals surface area contributed by atoms with Gasteiger partial charge in [0, 0.05) is 17.0 Å². The normalized spacial score (nSPS) is 12.0. The van der Waals surface area contributed by atoms with Crippen LogP contribution < -0.4 is 5.56 Å². The van der Waals surface area contributed by atoms with E-state index in [1.54, 1.807) is 36.4 Å². The van der Waals surface area contributed by atoms with Crippen LogP contribution in [0.25, 0.3) is 16.5 Å². The van der Waals surface area contributed by atoms with E-state index >= 15 is 0 Å². The minimum atomic E-state index is -4.43. The Kier molecular flexibility index (Phi) is 5.10. The minimum absolute atomic E-state index is 0.283. The first-order valence-corrected chi connectivity index (χ1v) is 9.41. The summed E-state index contributed by atoms with van der Waals surface area (Å²) in [4.78, 5) is 17.3. The van der Waals surface area contributed by atoms with Gasteiger partial charge in [-0.25, -0.2) is 4.57 Å². The Hall–Kier alpha value is -3.87. The molecule has 0 aliphatic carbocycles. The first kappa shape index (κ1) is 20.4. The largest absolute Gasteiger partial charge is 0.494 e. The van der Waals surface area contributed by atoms with Gasteiger partial charge >= 0.3 is 6.18 Å². The van der Waals surface area contributed by atoms with Gasteiger partial charge in [-0.3, -0.25) is 9.79 Å². The van der Waals surface area contributed by atoms with E-state index in [-0.39, 0.29) is 17.1 Å². The smallest absolute Gasteiger partial charge is 0.416 e. The monoisotopic (exact) mass is 422 g/mol. The quantitative estimate of drug-likeness (QED) is 0.426. The number of aryl methyl sites for hydroxylation is 1.